The van der Waals surface area contributed by atoms with Crippen LogP contribution in [0.25, 0.3) is 0 Å². The molecule has 0 spiro atoms. The highest BCUT2D eigenvalue weighted by molar-refractivity contribution is 8.13. The van der Waals surface area contributed by atoms with E-state index in [1.54, 1.807) is 0 Å². The van der Waals surface area contributed by atoms with Crippen LogP contribution in [0.5, 0.6) is 0 Å². The third-order valence-corrected chi connectivity index (χ3v) is 4.70. The molecule has 1 aromatic carbocycles. The van der Waals surface area contributed by atoms with E-state index < -0.39 is 0 Å². The maximum Gasteiger partial charge on any atom is 0.321 e. The first kappa shape index (κ1) is 15.9. The standard InChI is InChI=1S/C16H22N2O2S/c1-12(2)15(19)21-14-9-5-4-8-13(14)17-16(20)18-10-6-3-7-11-18/h4-5,8-9,12H,3,6-7,10-11H2,1-2H3,(H,17,20). The van der Waals surface area contributed by atoms with E-state index >= 15 is 0 Å². The molecule has 1 aliphatic heterocycles. The van der Waals surface area contributed by atoms with Crippen molar-refractivity contribution in [2.45, 2.75) is 38.0 Å². The van der Waals surface area contributed by atoms with Crippen molar-refractivity contribution in [2.24, 2.45) is 5.92 Å². The zero-order valence-electron chi connectivity index (χ0n) is 12.6. The van der Waals surface area contributed by atoms with Crippen LogP contribution in [0.4, 0.5) is 10.5 Å². The van der Waals surface area contributed by atoms with Crippen molar-refractivity contribution >= 4 is 28.6 Å². The Morgan fingerprint density at radius 1 is 1.14 bits per heavy atom. The Balaban J connectivity index is 2.05. The highest BCUT2D eigenvalue weighted by Crippen LogP contribution is 2.29. The third kappa shape index (κ3) is 4.49. The Morgan fingerprint density at radius 2 is 1.81 bits per heavy atom. The van der Waals surface area contributed by atoms with Crippen LogP contribution in [0.15, 0.2) is 29.2 Å². The van der Waals surface area contributed by atoms with Crippen molar-refractivity contribution in [1.29, 1.82) is 0 Å². The number of carbonyl (C=O) groups is 2. The summed E-state index contributed by atoms with van der Waals surface area (Å²) in [6.07, 6.45) is 3.32. The predicted molar refractivity (Wildman–Crippen MR) is 86.6 cm³/mol. The molecule has 0 saturated carbocycles. The summed E-state index contributed by atoms with van der Waals surface area (Å²) >= 11 is 1.19. The summed E-state index contributed by atoms with van der Waals surface area (Å²) in [6, 6.07) is 7.40. The lowest BCUT2D eigenvalue weighted by atomic mass is 10.1. The molecule has 1 saturated heterocycles. The molecule has 21 heavy (non-hydrogen) atoms. The van der Waals surface area contributed by atoms with E-state index in [9.17, 15) is 9.59 Å². The molecule has 5 heteroatoms. The van der Waals surface area contributed by atoms with E-state index in [-0.39, 0.29) is 17.1 Å². The van der Waals surface area contributed by atoms with Crippen LogP contribution < -0.4 is 5.32 Å². The fourth-order valence-electron chi connectivity index (χ4n) is 2.18. The van der Waals surface area contributed by atoms with Gasteiger partial charge in [-0.1, -0.05) is 26.0 Å². The SMILES string of the molecule is CC(C)C(=O)Sc1ccccc1NC(=O)N1CCCCC1. The second-order valence-electron chi connectivity index (χ2n) is 5.55. The lowest BCUT2D eigenvalue weighted by Crippen LogP contribution is -2.38. The minimum absolute atomic E-state index is 0.0270. The van der Waals surface area contributed by atoms with Gasteiger partial charge in [0.05, 0.1) is 5.69 Å². The Bertz CT molecular complexity index is 511. The first-order valence-corrected chi connectivity index (χ1v) is 8.26. The Morgan fingerprint density at radius 3 is 2.48 bits per heavy atom. The van der Waals surface area contributed by atoms with E-state index in [0.717, 1.165) is 30.8 Å². The second-order valence-corrected chi connectivity index (χ2v) is 6.60. The molecule has 1 aromatic rings. The quantitative estimate of drug-likeness (QED) is 0.859. The number of anilines is 1. The second kappa shape index (κ2) is 7.50. The molecular formula is C16H22N2O2S. The maximum absolute atomic E-state index is 12.3. The summed E-state index contributed by atoms with van der Waals surface area (Å²) in [5.41, 5.74) is 0.715. The van der Waals surface area contributed by atoms with Gasteiger partial charge in [0.25, 0.3) is 0 Å². The number of hydrogen-bond acceptors (Lipinski definition) is 3. The summed E-state index contributed by atoms with van der Waals surface area (Å²) in [5, 5.41) is 3.04. The molecule has 2 rings (SSSR count). The summed E-state index contributed by atoms with van der Waals surface area (Å²) in [4.78, 5) is 26.8. The van der Waals surface area contributed by atoms with Gasteiger partial charge >= 0.3 is 6.03 Å². The fourth-order valence-corrected chi connectivity index (χ4v) is 3.00. The van der Waals surface area contributed by atoms with Crippen LogP contribution >= 0.6 is 11.8 Å². The number of para-hydroxylation sites is 1. The molecule has 1 aliphatic rings. The fraction of sp³-hybridized carbons (Fsp3) is 0.500. The average molecular weight is 306 g/mol. The van der Waals surface area contributed by atoms with Gasteiger partial charge in [-0.15, -0.1) is 0 Å². The highest BCUT2D eigenvalue weighted by Gasteiger charge is 2.18. The maximum atomic E-state index is 12.3. The number of hydrogen-bond donors (Lipinski definition) is 1. The minimum Gasteiger partial charge on any atom is -0.325 e. The van der Waals surface area contributed by atoms with Crippen LogP contribution in [0.2, 0.25) is 0 Å². The number of benzene rings is 1. The number of rotatable bonds is 3. The zero-order chi connectivity index (χ0) is 15.2. The summed E-state index contributed by atoms with van der Waals surface area (Å²) in [7, 11) is 0. The van der Waals surface area contributed by atoms with Crippen molar-refractivity contribution < 1.29 is 9.59 Å². The summed E-state index contributed by atoms with van der Waals surface area (Å²) in [6.45, 7) is 5.38. The number of nitrogens with one attached hydrogen (secondary N) is 1. The van der Waals surface area contributed by atoms with Gasteiger partial charge in [-0.25, -0.2) is 4.79 Å². The van der Waals surface area contributed by atoms with Gasteiger partial charge in [-0.05, 0) is 43.2 Å². The predicted octanol–water partition coefficient (Wildman–Crippen LogP) is 3.98. The Labute approximate surface area is 130 Å². The van der Waals surface area contributed by atoms with E-state index in [0.29, 0.717) is 5.69 Å². The van der Waals surface area contributed by atoms with Crippen molar-refractivity contribution in [3.63, 3.8) is 0 Å². The number of likely N-dealkylation sites (tertiary alicyclic amines) is 1. The van der Waals surface area contributed by atoms with Crippen LogP contribution in [-0.4, -0.2) is 29.1 Å². The molecule has 1 heterocycles. The molecule has 0 aromatic heterocycles. The van der Waals surface area contributed by atoms with E-state index in [1.165, 1.54) is 18.2 Å². The molecule has 0 radical (unpaired) electrons. The molecule has 0 atom stereocenters. The van der Waals surface area contributed by atoms with Gasteiger partial charge in [-0.3, -0.25) is 4.79 Å². The molecule has 4 nitrogen and oxygen atoms in total. The molecule has 1 fully saturated rings. The molecule has 2 amide bonds. The summed E-state index contributed by atoms with van der Waals surface area (Å²) < 4.78 is 0. The lowest BCUT2D eigenvalue weighted by Gasteiger charge is -2.27. The van der Waals surface area contributed by atoms with Crippen molar-refractivity contribution in [3.05, 3.63) is 24.3 Å². The summed E-state index contributed by atoms with van der Waals surface area (Å²) in [5.74, 6) is -0.0270. The number of nitrogens with zero attached hydrogens (tertiary/aromatic N) is 1. The number of carbonyl (C=O) groups excluding carboxylic acids is 2. The van der Waals surface area contributed by atoms with Gasteiger partial charge in [0.15, 0.2) is 5.12 Å². The van der Waals surface area contributed by atoms with Crippen molar-refractivity contribution in [1.82, 2.24) is 4.90 Å². The van der Waals surface area contributed by atoms with Crippen LogP contribution in [-0.2, 0) is 4.79 Å². The molecule has 1 N–H and O–H groups in total. The number of amides is 2. The van der Waals surface area contributed by atoms with Gasteiger partial charge in [0, 0.05) is 23.9 Å². The largest absolute Gasteiger partial charge is 0.325 e. The van der Waals surface area contributed by atoms with Crippen LogP contribution in [0.1, 0.15) is 33.1 Å². The van der Waals surface area contributed by atoms with Gasteiger partial charge in [0.2, 0.25) is 0 Å². The first-order valence-electron chi connectivity index (χ1n) is 7.44. The molecule has 114 valence electrons. The van der Waals surface area contributed by atoms with Gasteiger partial charge < -0.3 is 10.2 Å². The van der Waals surface area contributed by atoms with Crippen LogP contribution in [0, 0.1) is 5.92 Å². The highest BCUT2D eigenvalue weighted by atomic mass is 32.2. The van der Waals surface area contributed by atoms with Gasteiger partial charge in [0.1, 0.15) is 0 Å². The van der Waals surface area contributed by atoms with E-state index in [1.807, 2.05) is 43.0 Å². The first-order chi connectivity index (χ1) is 10.1. The minimum atomic E-state index is -0.0697. The molecule has 0 bridgehead atoms. The normalized spacial score (nSPS) is 15.1. The lowest BCUT2D eigenvalue weighted by molar-refractivity contribution is -0.113. The topological polar surface area (TPSA) is 49.4 Å². The number of piperidine rings is 1. The van der Waals surface area contributed by atoms with Gasteiger partial charge in [-0.2, -0.15) is 0 Å². The smallest absolute Gasteiger partial charge is 0.321 e. The van der Waals surface area contributed by atoms with Crippen molar-refractivity contribution in [2.75, 3.05) is 18.4 Å². The van der Waals surface area contributed by atoms with E-state index in [2.05, 4.69) is 5.32 Å². The number of urea groups is 1. The molecule has 0 aliphatic carbocycles. The third-order valence-electron chi connectivity index (χ3n) is 3.45. The van der Waals surface area contributed by atoms with E-state index in [4.69, 9.17) is 0 Å². The average Bonchev–Trinajstić information content (AvgIpc) is 2.50. The monoisotopic (exact) mass is 306 g/mol. The number of thioether (sulfide) groups is 1. The van der Waals surface area contributed by atoms with Crippen LogP contribution in [0.3, 0.4) is 0 Å². The Hall–Kier alpha value is -1.49. The Kier molecular flexibility index (Phi) is 5.67. The molecule has 0 unspecified atom stereocenters. The molecular weight excluding hydrogens is 284 g/mol. The van der Waals surface area contributed by atoms with Crippen molar-refractivity contribution in [3.8, 4) is 0 Å². The zero-order valence-corrected chi connectivity index (χ0v) is 13.4.